The molecule has 0 aromatic heterocycles. The number of carbonyl (C=O) groups is 1. The Hall–Kier alpha value is -1.83. The first-order valence-electron chi connectivity index (χ1n) is 10.1. The van der Waals surface area contributed by atoms with Gasteiger partial charge in [0.05, 0.1) is 13.0 Å². The summed E-state index contributed by atoms with van der Waals surface area (Å²) in [5.74, 6) is 0.715. The van der Waals surface area contributed by atoms with Gasteiger partial charge in [-0.15, -0.1) is 0 Å². The van der Waals surface area contributed by atoms with E-state index in [0.717, 1.165) is 7.11 Å². The number of esters is 1. The zero-order valence-electron chi connectivity index (χ0n) is 19.6. The second kappa shape index (κ2) is 6.56. The predicted molar refractivity (Wildman–Crippen MR) is 73.8 cm³/mol. The lowest BCUT2D eigenvalue weighted by Crippen LogP contribution is -2.44. The zero-order chi connectivity index (χ0) is 22.5. The average Bonchev–Trinajstić information content (AvgIpc) is 2.66. The molecule has 1 aromatic carbocycles. The maximum Gasteiger partial charge on any atom is 0.352 e. The third-order valence-electron chi connectivity index (χ3n) is 2.40. The van der Waals surface area contributed by atoms with Gasteiger partial charge in [-0.3, -0.25) is 0 Å². The van der Waals surface area contributed by atoms with Gasteiger partial charge in [0.1, 0.15) is 6.11 Å². The van der Waals surface area contributed by atoms with E-state index in [1.807, 2.05) is 0 Å². The normalized spacial score (nSPS) is 45.8. The first kappa shape index (κ1) is 6.75. The quantitative estimate of drug-likeness (QED) is 0.667. The number of methoxy groups -OCH3 is 1. The third-order valence-corrected chi connectivity index (χ3v) is 2.40. The Kier molecular flexibility index (Phi) is 2.21. The van der Waals surface area contributed by atoms with E-state index in [1.54, 1.807) is 18.1 Å². The van der Waals surface area contributed by atoms with Crippen molar-refractivity contribution in [2.45, 2.75) is 37.2 Å². The number of hydrogen-bond donors (Lipinski definition) is 1. The van der Waals surface area contributed by atoms with Crippen LogP contribution in [0.3, 0.4) is 0 Å². The van der Waals surface area contributed by atoms with Crippen LogP contribution in [0.5, 0.6) is 0 Å². The summed E-state index contributed by atoms with van der Waals surface area (Å²) < 4.78 is 80.8. The van der Waals surface area contributed by atoms with Gasteiger partial charge in [-0.25, -0.2) is 4.79 Å². The smallest absolute Gasteiger partial charge is 0.352 e. The maximum atomic E-state index is 12.0. The van der Waals surface area contributed by atoms with Crippen molar-refractivity contribution in [1.82, 2.24) is 0 Å². The Balaban J connectivity index is 2.60. The summed E-state index contributed by atoms with van der Waals surface area (Å²) in [6, 6.07) is 7.46. The summed E-state index contributed by atoms with van der Waals surface area (Å²) in [6.45, 7) is 0. The van der Waals surface area contributed by atoms with Crippen LogP contribution in [0.25, 0.3) is 0 Å². The molecule has 0 radical (unpaired) electrons. The lowest BCUT2D eigenvalue weighted by atomic mass is 9.83. The second-order valence-corrected chi connectivity index (χ2v) is 3.73. The van der Waals surface area contributed by atoms with Crippen LogP contribution in [0.15, 0.2) is 30.3 Å². The minimum absolute atomic E-state index is 0.0614. The van der Waals surface area contributed by atoms with Gasteiger partial charge < -0.3 is 14.6 Å². The van der Waals surface area contributed by atoms with Gasteiger partial charge in [0.25, 0.3) is 0 Å². The van der Waals surface area contributed by atoms with Gasteiger partial charge in [0.2, 0.25) is 0 Å². The zero-order valence-corrected chi connectivity index (χ0v) is 10.6. The molecule has 4 heteroatoms. The summed E-state index contributed by atoms with van der Waals surface area (Å²) in [4.78, 5) is 12.0. The Morgan fingerprint density at radius 3 is 2.95 bits per heavy atom. The van der Waals surface area contributed by atoms with Crippen molar-refractivity contribution in [3.63, 3.8) is 0 Å². The highest BCUT2D eigenvalue weighted by molar-refractivity contribution is 5.89. The highest BCUT2D eigenvalue weighted by atomic mass is 16.5. The Morgan fingerprint density at radius 1 is 1.50 bits per heavy atom. The fourth-order valence-electron chi connectivity index (χ4n) is 1.42. The van der Waals surface area contributed by atoms with E-state index in [1.165, 1.54) is 24.3 Å². The van der Waals surface area contributed by atoms with Gasteiger partial charge in [0, 0.05) is 18.1 Å². The van der Waals surface area contributed by atoms with Crippen molar-refractivity contribution in [1.29, 1.82) is 0 Å². The van der Waals surface area contributed by atoms with Crippen LogP contribution in [0.1, 0.15) is 48.2 Å². The van der Waals surface area contributed by atoms with Gasteiger partial charge in [-0.05, 0) is 37.2 Å². The summed E-state index contributed by atoms with van der Waals surface area (Å²) in [5, 5.41) is 10.9. The highest BCUT2D eigenvalue weighted by Crippen LogP contribution is 2.29. The molecule has 1 aromatic rings. The molecular weight excluding hydrogens is 256 g/mol. The van der Waals surface area contributed by atoms with Crippen LogP contribution in [-0.2, 0) is 9.47 Å². The first-order chi connectivity index (χ1) is 13.0. The van der Waals surface area contributed by atoms with Crippen molar-refractivity contribution < 1.29 is 31.7 Å². The van der Waals surface area contributed by atoms with E-state index in [9.17, 15) is 9.90 Å². The van der Waals surface area contributed by atoms with Crippen LogP contribution >= 0.6 is 0 Å². The molecule has 2 atom stereocenters. The highest BCUT2D eigenvalue weighted by Gasteiger charge is 2.38. The molecule has 1 N–H and O–H groups in total. The van der Waals surface area contributed by atoms with Crippen molar-refractivity contribution in [2.75, 3.05) is 7.11 Å². The maximum absolute atomic E-state index is 12.0. The number of benzene rings is 1. The fourth-order valence-corrected chi connectivity index (χ4v) is 1.42. The number of hydrogen-bond acceptors (Lipinski definition) is 4. The minimum Gasteiger partial charge on any atom is -0.377 e. The standard InChI is InChI=1S/C16H18O4/c1-19-14-9-5-6-10-16(14,18)11-12-20-15(17)13-7-3-2-4-8-13/h2-4,7-8,14,18H,5-6,9-10H2,1H3/t14-,16-/m0/s1/i5D2,6D2,9D2,10D2,14D. The summed E-state index contributed by atoms with van der Waals surface area (Å²) >= 11 is 0. The van der Waals surface area contributed by atoms with Crippen LogP contribution < -0.4 is 0 Å². The molecule has 0 unspecified atom stereocenters. The molecule has 0 spiro atoms. The summed E-state index contributed by atoms with van der Waals surface area (Å²) in [7, 11) is 0.723. The monoisotopic (exact) mass is 283 g/mol. The SMILES string of the molecule is [2H]C1([2H])C([2H])([2H])C([2H])([2H])[C@]([2H])(OC)[C@@](O)(C#COC(=O)c2ccccc2)C1([2H])[2H]. The Bertz CT molecular complexity index is 862. The van der Waals surface area contributed by atoms with Gasteiger partial charge in [-0.1, -0.05) is 24.6 Å². The Morgan fingerprint density at radius 2 is 2.25 bits per heavy atom. The molecule has 1 saturated carbocycles. The first-order valence-corrected chi connectivity index (χ1v) is 5.61. The molecule has 20 heavy (non-hydrogen) atoms. The molecule has 4 nitrogen and oxygen atoms in total. The van der Waals surface area contributed by atoms with Gasteiger partial charge in [-0.2, -0.15) is 0 Å². The molecule has 1 aliphatic carbocycles. The largest absolute Gasteiger partial charge is 0.377 e. The lowest BCUT2D eigenvalue weighted by Gasteiger charge is -2.34. The molecule has 0 aliphatic heterocycles. The number of aliphatic hydroxyl groups is 1. The Labute approximate surface area is 131 Å². The van der Waals surface area contributed by atoms with Crippen LogP contribution in [0, 0.1) is 12.0 Å². The third kappa shape index (κ3) is 3.38. The molecule has 0 heterocycles. The molecule has 0 saturated heterocycles. The molecule has 0 amide bonds. The van der Waals surface area contributed by atoms with Gasteiger partial charge >= 0.3 is 5.97 Å². The number of rotatable bonds is 2. The average molecular weight is 283 g/mol. The van der Waals surface area contributed by atoms with E-state index in [4.69, 9.17) is 12.3 Å². The summed E-state index contributed by atoms with van der Waals surface area (Å²) in [5.41, 5.74) is -3.50. The molecular formula is C16H18O4. The second-order valence-electron chi connectivity index (χ2n) is 3.73. The molecule has 2 rings (SSSR count). The van der Waals surface area contributed by atoms with E-state index in [0.29, 0.717) is 0 Å². The van der Waals surface area contributed by atoms with Gasteiger partial charge in [0.15, 0.2) is 5.60 Å². The number of carbonyl (C=O) groups excluding carboxylic acids is 1. The van der Waals surface area contributed by atoms with Crippen molar-refractivity contribution in [3.8, 4) is 12.0 Å². The topological polar surface area (TPSA) is 55.8 Å². The molecule has 0 bridgehead atoms. The summed E-state index contributed by atoms with van der Waals surface area (Å²) in [6.07, 6.45) is -16.2. The fraction of sp³-hybridized carbons (Fsp3) is 0.438. The van der Waals surface area contributed by atoms with Crippen molar-refractivity contribution >= 4 is 5.97 Å². The van der Waals surface area contributed by atoms with Crippen LogP contribution in [-0.4, -0.2) is 29.9 Å². The molecule has 1 fully saturated rings. The van der Waals surface area contributed by atoms with Crippen LogP contribution in [0.2, 0.25) is 0 Å². The van der Waals surface area contributed by atoms with Crippen molar-refractivity contribution in [2.24, 2.45) is 0 Å². The molecule has 1 aliphatic rings. The van der Waals surface area contributed by atoms with Crippen molar-refractivity contribution in [3.05, 3.63) is 35.9 Å². The number of ether oxygens (including phenoxy) is 2. The van der Waals surface area contributed by atoms with E-state index >= 15 is 0 Å². The van der Waals surface area contributed by atoms with E-state index in [-0.39, 0.29) is 5.56 Å². The van der Waals surface area contributed by atoms with E-state index < -0.39 is 43.1 Å². The lowest BCUT2D eigenvalue weighted by molar-refractivity contribution is -0.0799. The van der Waals surface area contributed by atoms with E-state index in [2.05, 4.69) is 9.47 Å². The van der Waals surface area contributed by atoms with Crippen LogP contribution in [0.4, 0.5) is 0 Å². The molecule has 106 valence electrons. The predicted octanol–water partition coefficient (Wildman–Crippen LogP) is 2.12. The minimum atomic E-state index is -3.65.